The molecule has 0 heterocycles. The summed E-state index contributed by atoms with van der Waals surface area (Å²) < 4.78 is 43.5. The van der Waals surface area contributed by atoms with Gasteiger partial charge in [0.1, 0.15) is 11.6 Å². The second kappa shape index (κ2) is 9.62. The van der Waals surface area contributed by atoms with Crippen LogP contribution in [-0.4, -0.2) is 24.9 Å². The van der Waals surface area contributed by atoms with Crippen LogP contribution in [0.3, 0.4) is 0 Å². The molecule has 4 N–H and O–H groups in total. The first-order valence-electron chi connectivity index (χ1n) is 8.96. The quantitative estimate of drug-likeness (QED) is 0.755. The van der Waals surface area contributed by atoms with Crippen molar-refractivity contribution in [1.29, 1.82) is 0 Å². The first-order chi connectivity index (χ1) is 12.5. The maximum absolute atomic E-state index is 14.3. The average molecular weight is 369 g/mol. The molecule has 0 saturated heterocycles. The van der Waals surface area contributed by atoms with E-state index < -0.39 is 12.4 Å². The van der Waals surface area contributed by atoms with E-state index in [-0.39, 0.29) is 23.1 Å². The smallest absolute Gasteiger partial charge is 0.387 e. The predicted molar refractivity (Wildman–Crippen MR) is 97.8 cm³/mol. The number of alkyl halides is 2. The van der Waals surface area contributed by atoms with Crippen LogP contribution >= 0.6 is 0 Å². The Bertz CT molecular complexity index is 674. The van der Waals surface area contributed by atoms with Gasteiger partial charge in [-0.2, -0.15) is 8.78 Å². The van der Waals surface area contributed by atoms with Gasteiger partial charge in [0, 0.05) is 23.5 Å². The summed E-state index contributed by atoms with van der Waals surface area (Å²) in [5.74, 6) is -0.703. The fourth-order valence-corrected chi connectivity index (χ4v) is 3.16. The third-order valence-electron chi connectivity index (χ3n) is 4.45. The van der Waals surface area contributed by atoms with Crippen molar-refractivity contribution in [3.63, 3.8) is 0 Å². The molecule has 0 aromatic heterocycles. The summed E-state index contributed by atoms with van der Waals surface area (Å²) in [6.07, 6.45) is 5.17. The minimum atomic E-state index is -2.98. The van der Waals surface area contributed by atoms with Crippen LogP contribution in [0.4, 0.5) is 13.2 Å². The molecule has 0 amide bonds. The van der Waals surface area contributed by atoms with Gasteiger partial charge >= 0.3 is 6.61 Å². The number of hydrogen-bond acceptors (Lipinski definition) is 4. The van der Waals surface area contributed by atoms with Crippen molar-refractivity contribution < 1.29 is 17.9 Å². The summed E-state index contributed by atoms with van der Waals surface area (Å²) in [6.45, 7) is -0.469. The molecular formula is C19H26F3N3O. The molecule has 1 aliphatic rings. The number of benzene rings is 1. The Morgan fingerprint density at radius 1 is 1.27 bits per heavy atom. The summed E-state index contributed by atoms with van der Waals surface area (Å²) in [5, 5.41) is 0. The Hall–Kier alpha value is -2.02. The molecule has 1 aliphatic carbocycles. The molecular weight excluding hydrogens is 343 g/mol. The van der Waals surface area contributed by atoms with E-state index in [1.165, 1.54) is 6.07 Å². The largest absolute Gasteiger partial charge is 0.435 e. The van der Waals surface area contributed by atoms with E-state index in [1.807, 2.05) is 0 Å². The van der Waals surface area contributed by atoms with Crippen LogP contribution in [-0.2, 0) is 0 Å². The molecule has 1 fully saturated rings. The number of rotatable bonds is 7. The van der Waals surface area contributed by atoms with Crippen LogP contribution in [0, 0.1) is 5.82 Å². The van der Waals surface area contributed by atoms with Crippen LogP contribution in [0.5, 0.6) is 5.75 Å². The second-order valence-corrected chi connectivity index (χ2v) is 6.37. The van der Waals surface area contributed by atoms with Gasteiger partial charge in [0.2, 0.25) is 0 Å². The third kappa shape index (κ3) is 5.24. The Labute approximate surface area is 152 Å². The van der Waals surface area contributed by atoms with Crippen molar-refractivity contribution in [3.05, 3.63) is 35.2 Å². The van der Waals surface area contributed by atoms with E-state index in [9.17, 15) is 13.2 Å². The number of ether oxygens (including phenoxy) is 1. The van der Waals surface area contributed by atoms with Crippen molar-refractivity contribution in [3.8, 4) is 5.75 Å². The number of nitrogens with zero attached hydrogens (tertiary/aromatic N) is 1. The van der Waals surface area contributed by atoms with Crippen LogP contribution in [0.2, 0.25) is 0 Å². The first kappa shape index (κ1) is 20.3. The molecule has 0 bridgehead atoms. The molecule has 7 heteroatoms. The van der Waals surface area contributed by atoms with Gasteiger partial charge in [0.05, 0.1) is 6.04 Å². The summed E-state index contributed by atoms with van der Waals surface area (Å²) in [5.41, 5.74) is 13.9. The van der Waals surface area contributed by atoms with Crippen LogP contribution < -0.4 is 16.2 Å². The summed E-state index contributed by atoms with van der Waals surface area (Å²) in [6, 6.07) is 3.46. The summed E-state index contributed by atoms with van der Waals surface area (Å²) in [4.78, 5) is 4.75. The molecule has 144 valence electrons. The molecule has 2 rings (SSSR count). The van der Waals surface area contributed by atoms with Crippen LogP contribution in [0.1, 0.15) is 51.0 Å². The molecule has 1 unspecified atom stereocenters. The normalized spacial score (nSPS) is 19.7. The lowest BCUT2D eigenvalue weighted by atomic mass is 9.89. The standard InChI is InChI=1S/C19H26F3N3O/c1-2-5-12(11-23)25-17-7-4-3-6-14(17)18(24)15-10-13(26-19(21)22)8-9-16(15)20/h8-10,12,19H,2-7,11,23-24H2,1H3. The second-order valence-electron chi connectivity index (χ2n) is 6.37. The van der Waals surface area contributed by atoms with Crippen LogP contribution in [0.15, 0.2) is 28.8 Å². The van der Waals surface area contributed by atoms with Crippen molar-refractivity contribution >= 4 is 11.4 Å². The lowest BCUT2D eigenvalue weighted by Gasteiger charge is -2.22. The Balaban J connectivity index is 2.42. The van der Waals surface area contributed by atoms with Gasteiger partial charge in [0.15, 0.2) is 0 Å². The van der Waals surface area contributed by atoms with E-state index in [1.54, 1.807) is 0 Å². The zero-order valence-electron chi connectivity index (χ0n) is 15.0. The molecule has 0 spiro atoms. The van der Waals surface area contributed by atoms with Crippen molar-refractivity contribution in [2.75, 3.05) is 6.54 Å². The highest BCUT2D eigenvalue weighted by Gasteiger charge is 2.21. The molecule has 1 saturated carbocycles. The van der Waals surface area contributed by atoms with Gasteiger partial charge in [-0.3, -0.25) is 4.99 Å². The number of aliphatic imine (C=N–C) groups is 1. The average Bonchev–Trinajstić information content (AvgIpc) is 2.62. The lowest BCUT2D eigenvalue weighted by Crippen LogP contribution is -2.23. The Morgan fingerprint density at radius 2 is 2.00 bits per heavy atom. The number of nitrogens with two attached hydrogens (primary N) is 2. The highest BCUT2D eigenvalue weighted by atomic mass is 19.3. The van der Waals surface area contributed by atoms with E-state index in [2.05, 4.69) is 11.7 Å². The summed E-state index contributed by atoms with van der Waals surface area (Å²) in [7, 11) is 0. The Kier molecular flexibility index (Phi) is 7.50. The van der Waals surface area contributed by atoms with E-state index in [0.29, 0.717) is 13.0 Å². The molecule has 1 atom stereocenters. The van der Waals surface area contributed by atoms with Crippen LogP contribution in [0.25, 0.3) is 5.70 Å². The SMILES string of the molecule is CCCC(CN)N=C1CCCCC1=C(N)c1cc(OC(F)F)ccc1F. The van der Waals surface area contributed by atoms with Gasteiger partial charge in [-0.25, -0.2) is 4.39 Å². The highest BCUT2D eigenvalue weighted by molar-refractivity contribution is 6.06. The van der Waals surface area contributed by atoms with Crippen molar-refractivity contribution in [2.24, 2.45) is 16.5 Å². The summed E-state index contributed by atoms with van der Waals surface area (Å²) >= 11 is 0. The number of allylic oxidation sites excluding steroid dienone is 1. The molecule has 4 nitrogen and oxygen atoms in total. The Morgan fingerprint density at radius 3 is 2.65 bits per heavy atom. The topological polar surface area (TPSA) is 73.6 Å². The zero-order valence-corrected chi connectivity index (χ0v) is 15.0. The fourth-order valence-electron chi connectivity index (χ4n) is 3.16. The van der Waals surface area contributed by atoms with Crippen molar-refractivity contribution in [1.82, 2.24) is 0 Å². The molecule has 0 radical (unpaired) electrons. The maximum atomic E-state index is 14.3. The number of halogens is 3. The first-order valence-corrected chi connectivity index (χ1v) is 8.96. The molecule has 1 aromatic carbocycles. The maximum Gasteiger partial charge on any atom is 0.387 e. The minimum Gasteiger partial charge on any atom is -0.435 e. The van der Waals surface area contributed by atoms with Gasteiger partial charge < -0.3 is 16.2 Å². The van der Waals surface area contributed by atoms with E-state index in [0.717, 1.165) is 55.5 Å². The lowest BCUT2D eigenvalue weighted by molar-refractivity contribution is -0.0499. The van der Waals surface area contributed by atoms with Gasteiger partial charge in [-0.05, 0) is 55.9 Å². The van der Waals surface area contributed by atoms with E-state index >= 15 is 0 Å². The third-order valence-corrected chi connectivity index (χ3v) is 4.45. The van der Waals surface area contributed by atoms with Crippen molar-refractivity contribution in [2.45, 2.75) is 58.1 Å². The predicted octanol–water partition coefficient (Wildman–Crippen LogP) is 4.24. The van der Waals surface area contributed by atoms with Gasteiger partial charge in [0.25, 0.3) is 0 Å². The fraction of sp³-hybridized carbons (Fsp3) is 0.526. The molecule has 1 aromatic rings. The monoisotopic (exact) mass is 369 g/mol. The molecule has 26 heavy (non-hydrogen) atoms. The van der Waals surface area contributed by atoms with E-state index in [4.69, 9.17) is 16.5 Å². The molecule has 0 aliphatic heterocycles. The zero-order chi connectivity index (χ0) is 19.1. The van der Waals surface area contributed by atoms with Gasteiger partial charge in [-0.15, -0.1) is 0 Å². The number of hydrogen-bond donors (Lipinski definition) is 2. The van der Waals surface area contributed by atoms with Gasteiger partial charge in [-0.1, -0.05) is 13.3 Å². The highest BCUT2D eigenvalue weighted by Crippen LogP contribution is 2.30. The minimum absolute atomic E-state index is 0.00856.